The predicted octanol–water partition coefficient (Wildman–Crippen LogP) is 7.35. The molecule has 5 nitrogen and oxygen atoms in total. The van der Waals surface area contributed by atoms with Crippen molar-refractivity contribution in [2.45, 2.75) is 57.4 Å². The molecule has 0 aromatic heterocycles. The molecule has 1 aliphatic carbocycles. The van der Waals surface area contributed by atoms with E-state index in [1.54, 1.807) is 11.8 Å². The molecule has 2 saturated heterocycles. The summed E-state index contributed by atoms with van der Waals surface area (Å²) < 4.78 is 0. The fourth-order valence-electron chi connectivity index (χ4n) is 6.39. The Labute approximate surface area is 258 Å². The van der Waals surface area contributed by atoms with Gasteiger partial charge in [-0.15, -0.1) is 11.8 Å². The molecule has 218 valence electrons. The summed E-state index contributed by atoms with van der Waals surface area (Å²) in [6, 6.07) is 22.4. The number of thioether (sulfide) groups is 1. The van der Waals surface area contributed by atoms with Gasteiger partial charge >= 0.3 is 0 Å². The number of carbonyl (C=O) groups excluding carboxylic acids is 2. The molecule has 2 aliphatic heterocycles. The van der Waals surface area contributed by atoms with Crippen LogP contribution in [0.3, 0.4) is 0 Å². The maximum Gasteiger partial charge on any atom is 0.260 e. The Hall–Kier alpha value is -3.22. The van der Waals surface area contributed by atoms with Gasteiger partial charge in [-0.25, -0.2) is 0 Å². The molecule has 6 rings (SSSR count). The largest absolute Gasteiger partial charge is 0.368 e. The lowest BCUT2D eigenvalue weighted by atomic mass is 9.92. The van der Waals surface area contributed by atoms with Crippen LogP contribution in [0.15, 0.2) is 71.6 Å². The van der Waals surface area contributed by atoms with Crippen molar-refractivity contribution in [3.05, 3.63) is 104 Å². The van der Waals surface area contributed by atoms with Crippen molar-refractivity contribution in [1.82, 2.24) is 9.80 Å². The molecule has 1 saturated carbocycles. The van der Waals surface area contributed by atoms with Gasteiger partial charge in [0, 0.05) is 60.3 Å². The molecule has 42 heavy (non-hydrogen) atoms. The molecule has 2 amide bonds. The van der Waals surface area contributed by atoms with Crippen LogP contribution in [0.1, 0.15) is 58.3 Å². The summed E-state index contributed by atoms with van der Waals surface area (Å²) in [6.07, 6.45) is 6.64. The van der Waals surface area contributed by atoms with E-state index in [-0.39, 0.29) is 17.9 Å². The number of hydrogen-bond acceptors (Lipinski definition) is 4. The predicted molar refractivity (Wildman–Crippen MR) is 174 cm³/mol. The van der Waals surface area contributed by atoms with E-state index in [1.165, 1.54) is 29.5 Å². The highest BCUT2D eigenvalue weighted by atomic mass is 35.5. The number of halogens is 1. The van der Waals surface area contributed by atoms with Crippen LogP contribution in [0.5, 0.6) is 0 Å². The fraction of sp³-hybridized carbons (Fsp3) is 0.371. The minimum atomic E-state index is 0.0535. The zero-order valence-electron chi connectivity index (χ0n) is 24.4. The van der Waals surface area contributed by atoms with E-state index in [2.05, 4.69) is 41.8 Å². The van der Waals surface area contributed by atoms with E-state index in [0.29, 0.717) is 30.4 Å². The van der Waals surface area contributed by atoms with Crippen molar-refractivity contribution in [3.8, 4) is 0 Å². The summed E-state index contributed by atoms with van der Waals surface area (Å²) in [5.74, 6) is 0.181. The number of rotatable bonds is 5. The second-order valence-electron chi connectivity index (χ2n) is 11.8. The zero-order valence-corrected chi connectivity index (χ0v) is 26.0. The van der Waals surface area contributed by atoms with E-state index >= 15 is 0 Å². The summed E-state index contributed by atoms with van der Waals surface area (Å²) in [6.45, 7) is 7.84. The van der Waals surface area contributed by atoms with Gasteiger partial charge in [0.25, 0.3) is 11.8 Å². The number of piperazine rings is 1. The molecule has 3 aliphatic rings. The van der Waals surface area contributed by atoms with E-state index in [9.17, 15) is 9.59 Å². The zero-order chi connectivity index (χ0) is 29.2. The van der Waals surface area contributed by atoms with Gasteiger partial charge in [-0.3, -0.25) is 9.59 Å². The Balaban J connectivity index is 1.14. The quantitative estimate of drug-likeness (QED) is 0.288. The molecule has 2 atom stereocenters. The first kappa shape index (κ1) is 28.9. The molecule has 0 bridgehead atoms. The average molecular weight is 600 g/mol. The summed E-state index contributed by atoms with van der Waals surface area (Å²) in [4.78, 5) is 34.3. The molecule has 0 N–H and O–H groups in total. The lowest BCUT2D eigenvalue weighted by molar-refractivity contribution is -0.130. The van der Waals surface area contributed by atoms with Crippen molar-refractivity contribution in [2.75, 3.05) is 31.1 Å². The van der Waals surface area contributed by atoms with Crippen LogP contribution < -0.4 is 4.90 Å². The highest BCUT2D eigenvalue weighted by Gasteiger charge is 2.40. The maximum absolute atomic E-state index is 13.9. The lowest BCUT2D eigenvalue weighted by Crippen LogP contribution is -2.50. The Morgan fingerprint density at radius 1 is 0.929 bits per heavy atom. The molecule has 3 aromatic rings. The summed E-state index contributed by atoms with van der Waals surface area (Å²) in [7, 11) is 0. The van der Waals surface area contributed by atoms with Crippen LogP contribution >= 0.6 is 23.4 Å². The Morgan fingerprint density at radius 2 is 1.64 bits per heavy atom. The summed E-state index contributed by atoms with van der Waals surface area (Å²) >= 11 is 7.79. The lowest BCUT2D eigenvalue weighted by Gasteiger charge is -2.44. The monoisotopic (exact) mass is 599 g/mol. The van der Waals surface area contributed by atoms with Crippen LogP contribution in [0.25, 0.3) is 6.08 Å². The highest BCUT2D eigenvalue weighted by molar-refractivity contribution is 8.04. The van der Waals surface area contributed by atoms with Gasteiger partial charge in [0.15, 0.2) is 0 Å². The topological polar surface area (TPSA) is 43.9 Å². The molecule has 0 spiro atoms. The molecule has 7 heteroatoms. The number of amides is 2. The van der Waals surface area contributed by atoms with Crippen molar-refractivity contribution in [3.63, 3.8) is 0 Å². The van der Waals surface area contributed by atoms with Gasteiger partial charge < -0.3 is 14.7 Å². The van der Waals surface area contributed by atoms with Crippen LogP contribution in [0, 0.1) is 13.8 Å². The molecular formula is C35H38ClN3O2S. The van der Waals surface area contributed by atoms with Gasteiger partial charge in [-0.2, -0.15) is 0 Å². The Bertz CT molecular complexity index is 1480. The minimum absolute atomic E-state index is 0.0535. The first-order valence-corrected chi connectivity index (χ1v) is 16.3. The van der Waals surface area contributed by atoms with Crippen molar-refractivity contribution in [2.24, 2.45) is 0 Å². The smallest absolute Gasteiger partial charge is 0.260 e. The normalized spacial score (nSPS) is 21.9. The van der Waals surface area contributed by atoms with Crippen molar-refractivity contribution in [1.29, 1.82) is 0 Å². The third kappa shape index (κ3) is 6.25. The highest BCUT2D eigenvalue weighted by Crippen LogP contribution is 2.43. The summed E-state index contributed by atoms with van der Waals surface area (Å²) in [5.41, 5.74) is 6.46. The Kier molecular flexibility index (Phi) is 8.64. The van der Waals surface area contributed by atoms with E-state index in [0.717, 1.165) is 47.1 Å². The maximum atomic E-state index is 13.9. The van der Waals surface area contributed by atoms with Crippen LogP contribution in [-0.2, 0) is 11.3 Å². The Morgan fingerprint density at radius 3 is 2.38 bits per heavy atom. The van der Waals surface area contributed by atoms with Gasteiger partial charge in [-0.05, 0) is 85.9 Å². The molecule has 0 radical (unpaired) electrons. The van der Waals surface area contributed by atoms with Crippen molar-refractivity contribution < 1.29 is 9.59 Å². The number of carbonyl (C=O) groups is 2. The molecular weight excluding hydrogens is 562 g/mol. The number of aryl methyl sites for hydroxylation is 2. The number of fused-ring (bicyclic) bond motifs is 1. The second kappa shape index (κ2) is 12.6. The molecule has 3 aromatic carbocycles. The fourth-order valence-corrected chi connectivity index (χ4v) is 7.99. The van der Waals surface area contributed by atoms with Crippen LogP contribution in [0.4, 0.5) is 5.69 Å². The van der Waals surface area contributed by atoms with Crippen LogP contribution in [0.2, 0.25) is 5.02 Å². The number of anilines is 1. The summed E-state index contributed by atoms with van der Waals surface area (Å²) in [5, 5.41) is 1.16. The number of benzene rings is 3. The second-order valence-corrected chi connectivity index (χ2v) is 13.5. The first-order chi connectivity index (χ1) is 20.4. The SMILES string of the molecule is Cc1ccc(C)c(CN2C(=O)/C(=C/c3ccc(C(=O)N4CCN(c5ccc(Cl)cc5)CC4)cc3)SC3CCCCC32)c1. The molecule has 2 unspecified atom stereocenters. The first-order valence-electron chi connectivity index (χ1n) is 15.0. The van der Waals surface area contributed by atoms with Crippen LogP contribution in [-0.4, -0.2) is 59.1 Å². The number of hydrogen-bond donors (Lipinski definition) is 0. The van der Waals surface area contributed by atoms with Gasteiger partial charge in [-0.1, -0.05) is 60.3 Å². The van der Waals surface area contributed by atoms with Gasteiger partial charge in [0.1, 0.15) is 0 Å². The molecule has 3 fully saturated rings. The minimum Gasteiger partial charge on any atom is -0.368 e. The average Bonchev–Trinajstić information content (AvgIpc) is 3.01. The molecule has 2 heterocycles. The third-order valence-electron chi connectivity index (χ3n) is 8.88. The van der Waals surface area contributed by atoms with E-state index in [4.69, 9.17) is 11.6 Å². The van der Waals surface area contributed by atoms with E-state index in [1.807, 2.05) is 59.5 Å². The number of nitrogens with zero attached hydrogens (tertiary/aromatic N) is 3. The van der Waals surface area contributed by atoms with E-state index < -0.39 is 0 Å². The van der Waals surface area contributed by atoms with Gasteiger partial charge in [0.05, 0.1) is 4.91 Å². The van der Waals surface area contributed by atoms with Gasteiger partial charge in [0.2, 0.25) is 0 Å². The standard InChI is InChI=1S/C35H38ClN3O2S/c1-24-7-8-25(2)28(21-24)23-39-31-5-3-4-6-32(31)42-33(35(39)41)22-26-9-11-27(12-10-26)34(40)38-19-17-37(18-20-38)30-15-13-29(36)14-16-30/h7-16,21-22,31-32H,3-6,17-20,23H2,1-2H3/b33-22-. The third-order valence-corrected chi connectivity index (χ3v) is 10.5. The van der Waals surface area contributed by atoms with Crippen molar-refractivity contribution >= 4 is 46.9 Å².